The summed E-state index contributed by atoms with van der Waals surface area (Å²) < 4.78 is 0. The van der Waals surface area contributed by atoms with E-state index >= 15 is 0 Å². The molecule has 1 atom stereocenters. The summed E-state index contributed by atoms with van der Waals surface area (Å²) in [6.45, 7) is 18.5. The second-order valence-corrected chi connectivity index (χ2v) is 15.7. The third kappa shape index (κ3) is 8.32. The minimum Gasteiger partial charge on any atom is -1.00 e. The number of halogens is 3. The predicted octanol–water partition coefficient (Wildman–Crippen LogP) is -0.819. The van der Waals surface area contributed by atoms with Gasteiger partial charge in [-0.2, -0.15) is 5.20 Å². The van der Waals surface area contributed by atoms with E-state index in [9.17, 15) is 0 Å². The fourth-order valence-corrected chi connectivity index (χ4v) is 10.7. The predicted molar refractivity (Wildman–Crippen MR) is 165 cm³/mol. The molecule has 0 aliphatic heterocycles. The zero-order valence-corrected chi connectivity index (χ0v) is 30.7. The smallest absolute Gasteiger partial charge is 1.00 e. The van der Waals surface area contributed by atoms with Crippen LogP contribution in [0.25, 0.3) is 0 Å². The molecule has 0 amide bonds. The number of hydrogen-bond donors (Lipinski definition) is 0. The Kier molecular flexibility index (Phi) is 16.8. The fourth-order valence-electron chi connectivity index (χ4n) is 5.70. The standard InChI is InChI=1S/C36H45Si.3ClH.Ti/c1-9-28(8)32-19-20-36(24-32)37(33-16-10-13-29(21-33)25(2)3,34-17-11-14-30(22-34)26(4)5)35-18-12-15-31(23-35)27(6)7;;;;/h10-19,21-23,25-28H,9,20H2,1-8H3;3*1H;/q-1;;;;+4/p-3. The van der Waals surface area contributed by atoms with Gasteiger partial charge in [-0.15, -0.1) is 0 Å². The summed E-state index contributed by atoms with van der Waals surface area (Å²) in [4.78, 5) is 0. The number of hydrogen-bond acceptors (Lipinski definition) is 0. The van der Waals surface area contributed by atoms with Crippen LogP contribution in [0.15, 0.2) is 89.6 Å². The zero-order chi connectivity index (χ0) is 26.7. The molecule has 0 fully saturated rings. The van der Waals surface area contributed by atoms with Crippen LogP contribution in [-0.2, 0) is 21.7 Å². The third-order valence-electron chi connectivity index (χ3n) is 8.38. The Morgan fingerprint density at radius 1 is 0.634 bits per heavy atom. The van der Waals surface area contributed by atoms with E-state index in [2.05, 4.69) is 140 Å². The summed E-state index contributed by atoms with van der Waals surface area (Å²) in [5.41, 5.74) is 5.66. The Morgan fingerprint density at radius 2 is 1.00 bits per heavy atom. The molecule has 0 N–H and O–H groups in total. The molecule has 41 heavy (non-hydrogen) atoms. The molecule has 1 unspecified atom stereocenters. The summed E-state index contributed by atoms with van der Waals surface area (Å²) >= 11 is 0. The van der Waals surface area contributed by atoms with Crippen LogP contribution in [0.4, 0.5) is 0 Å². The average Bonchev–Trinajstić information content (AvgIpc) is 3.40. The second kappa shape index (κ2) is 17.3. The summed E-state index contributed by atoms with van der Waals surface area (Å²) in [5.74, 6) is 2.01. The maximum Gasteiger partial charge on any atom is 4.00 e. The van der Waals surface area contributed by atoms with Crippen molar-refractivity contribution in [1.29, 1.82) is 0 Å². The monoisotopic (exact) mass is 658 g/mol. The summed E-state index contributed by atoms with van der Waals surface area (Å²) in [6, 6.07) is 28.6. The van der Waals surface area contributed by atoms with Crippen LogP contribution < -0.4 is 52.8 Å². The van der Waals surface area contributed by atoms with Crippen molar-refractivity contribution < 1.29 is 58.9 Å². The molecule has 1 aliphatic carbocycles. The van der Waals surface area contributed by atoms with Crippen molar-refractivity contribution in [2.75, 3.05) is 0 Å². The van der Waals surface area contributed by atoms with Crippen molar-refractivity contribution in [3.8, 4) is 0 Å². The number of benzene rings is 3. The maximum atomic E-state index is 4.06. The van der Waals surface area contributed by atoms with E-state index in [1.54, 1.807) is 0 Å². The Morgan fingerprint density at radius 3 is 1.32 bits per heavy atom. The molecular formula is C36H45Cl3SiTi. The first-order valence-electron chi connectivity index (χ1n) is 14.3. The van der Waals surface area contributed by atoms with Gasteiger partial charge in [-0.1, -0.05) is 147 Å². The molecule has 0 heterocycles. The summed E-state index contributed by atoms with van der Waals surface area (Å²) in [5, 5.41) is 5.97. The van der Waals surface area contributed by atoms with Crippen LogP contribution in [0.1, 0.15) is 103 Å². The average molecular weight is 660 g/mol. The topological polar surface area (TPSA) is 0 Å². The van der Waals surface area contributed by atoms with Crippen molar-refractivity contribution in [2.24, 2.45) is 5.92 Å². The van der Waals surface area contributed by atoms with Crippen LogP contribution in [0, 0.1) is 12.0 Å². The van der Waals surface area contributed by atoms with Gasteiger partial charge in [-0.3, -0.25) is 6.08 Å². The van der Waals surface area contributed by atoms with Gasteiger partial charge in [-0.05, 0) is 50.0 Å². The van der Waals surface area contributed by atoms with E-state index in [1.165, 1.54) is 43.0 Å². The number of rotatable bonds is 9. The van der Waals surface area contributed by atoms with Gasteiger partial charge in [0, 0.05) is 0 Å². The Bertz CT molecular complexity index is 1180. The first-order valence-corrected chi connectivity index (χ1v) is 16.3. The van der Waals surface area contributed by atoms with Crippen molar-refractivity contribution in [3.63, 3.8) is 0 Å². The first kappa shape index (κ1) is 39.9. The van der Waals surface area contributed by atoms with Crippen LogP contribution in [0.2, 0.25) is 0 Å². The van der Waals surface area contributed by atoms with Gasteiger partial charge in [0.05, 0.1) is 0 Å². The van der Waals surface area contributed by atoms with E-state index in [-0.39, 0.29) is 58.9 Å². The van der Waals surface area contributed by atoms with E-state index in [0.717, 1.165) is 12.8 Å². The quantitative estimate of drug-likeness (QED) is 0.160. The zero-order valence-electron chi connectivity index (χ0n) is 25.9. The molecule has 0 radical (unpaired) electrons. The van der Waals surface area contributed by atoms with E-state index < -0.39 is 8.07 Å². The van der Waals surface area contributed by atoms with Crippen molar-refractivity contribution >= 4 is 23.6 Å². The second-order valence-electron chi connectivity index (χ2n) is 11.9. The van der Waals surface area contributed by atoms with E-state index in [1.807, 2.05) is 0 Å². The summed E-state index contributed by atoms with van der Waals surface area (Å²) in [7, 11) is -2.57. The normalized spacial score (nSPS) is 13.4. The largest absolute Gasteiger partial charge is 4.00 e. The van der Waals surface area contributed by atoms with Gasteiger partial charge >= 0.3 is 21.7 Å². The molecule has 1 aliphatic rings. The van der Waals surface area contributed by atoms with Gasteiger partial charge in [0.1, 0.15) is 0 Å². The Labute approximate surface area is 285 Å². The van der Waals surface area contributed by atoms with Crippen molar-refractivity contribution in [1.82, 2.24) is 0 Å². The van der Waals surface area contributed by atoms with Crippen LogP contribution in [0.3, 0.4) is 0 Å². The third-order valence-corrected chi connectivity index (χ3v) is 13.1. The van der Waals surface area contributed by atoms with Gasteiger partial charge < -0.3 is 37.2 Å². The van der Waals surface area contributed by atoms with Gasteiger partial charge in [0.25, 0.3) is 0 Å². The molecule has 4 rings (SSSR count). The SMILES string of the molecule is CCC(C)C1=CCC([Si](c2cccc(C(C)C)c2)(c2cccc(C(C)C)c2)c2cccc(C(C)C)c2)=[C-]1.[Cl-].[Cl-].[Cl-].[Ti+4]. The molecule has 0 bridgehead atoms. The Hall–Kier alpha value is -1.06. The van der Waals surface area contributed by atoms with Crippen LogP contribution >= 0.6 is 0 Å². The fraction of sp³-hybridized carbons (Fsp3) is 0.389. The number of allylic oxidation sites excluding steroid dienone is 4. The molecule has 5 heteroatoms. The maximum absolute atomic E-state index is 4.06. The van der Waals surface area contributed by atoms with Gasteiger partial charge in [-0.25, -0.2) is 11.6 Å². The molecule has 0 saturated heterocycles. The minimum atomic E-state index is -2.57. The first-order chi connectivity index (χ1) is 17.7. The molecule has 3 aromatic carbocycles. The van der Waals surface area contributed by atoms with Crippen molar-refractivity contribution in [3.05, 3.63) is 112 Å². The van der Waals surface area contributed by atoms with Crippen molar-refractivity contribution in [2.45, 2.75) is 86.0 Å². The minimum absolute atomic E-state index is 0. The molecule has 218 valence electrons. The molecule has 0 aromatic heterocycles. The van der Waals surface area contributed by atoms with Crippen LogP contribution in [0.5, 0.6) is 0 Å². The van der Waals surface area contributed by atoms with Crippen LogP contribution in [-0.4, -0.2) is 8.07 Å². The molecular weight excluding hydrogens is 615 g/mol. The van der Waals surface area contributed by atoms with E-state index in [0.29, 0.717) is 23.7 Å². The van der Waals surface area contributed by atoms with E-state index in [4.69, 9.17) is 0 Å². The summed E-state index contributed by atoms with van der Waals surface area (Å²) in [6.07, 6.45) is 8.68. The molecule has 0 spiro atoms. The molecule has 0 nitrogen and oxygen atoms in total. The molecule has 0 saturated carbocycles. The van der Waals surface area contributed by atoms with Gasteiger partial charge in [0.15, 0.2) is 8.07 Å². The van der Waals surface area contributed by atoms with Gasteiger partial charge in [0.2, 0.25) is 0 Å². The Balaban J connectivity index is 0.00000400. The molecule has 3 aromatic rings.